The van der Waals surface area contributed by atoms with Gasteiger partial charge >= 0.3 is 0 Å². The topological polar surface area (TPSA) is 84.9 Å². The van der Waals surface area contributed by atoms with Crippen LogP contribution < -0.4 is 14.2 Å². The van der Waals surface area contributed by atoms with E-state index in [2.05, 4.69) is 4.72 Å². The van der Waals surface area contributed by atoms with Crippen molar-refractivity contribution in [3.8, 4) is 11.5 Å². The normalized spacial score (nSPS) is 15.7. The van der Waals surface area contributed by atoms with Crippen molar-refractivity contribution in [2.45, 2.75) is 31.2 Å². The number of fused-ring (bicyclic) bond motifs is 1. The summed E-state index contributed by atoms with van der Waals surface area (Å²) in [7, 11) is -0.668. The maximum Gasteiger partial charge on any atom is 0.241 e. The van der Waals surface area contributed by atoms with Gasteiger partial charge in [-0.2, -0.15) is 4.72 Å². The molecular weight excluding hydrogens is 332 g/mol. The third-order valence-electron chi connectivity index (χ3n) is 3.68. The molecule has 1 aromatic carbocycles. The van der Waals surface area contributed by atoms with E-state index in [1.807, 2.05) is 0 Å². The second kappa shape index (κ2) is 7.40. The third-order valence-corrected chi connectivity index (χ3v) is 5.12. The molecule has 0 fully saturated rings. The summed E-state index contributed by atoms with van der Waals surface area (Å²) in [6.07, 6.45) is 0.738. The largest absolute Gasteiger partial charge is 0.490 e. The van der Waals surface area contributed by atoms with Crippen molar-refractivity contribution in [3.63, 3.8) is 0 Å². The molecule has 1 atom stereocenters. The lowest BCUT2D eigenvalue weighted by molar-refractivity contribution is -0.131. The highest BCUT2D eigenvalue weighted by molar-refractivity contribution is 7.89. The Kier molecular flexibility index (Phi) is 5.71. The van der Waals surface area contributed by atoms with Crippen LogP contribution in [0, 0.1) is 5.92 Å². The van der Waals surface area contributed by atoms with Gasteiger partial charge in [-0.1, -0.05) is 13.8 Å². The number of carbonyl (C=O) groups excluding carboxylic acids is 1. The Morgan fingerprint density at radius 1 is 1.17 bits per heavy atom. The first kappa shape index (κ1) is 18.5. The molecule has 134 valence electrons. The van der Waals surface area contributed by atoms with Gasteiger partial charge in [0.15, 0.2) is 11.5 Å². The van der Waals surface area contributed by atoms with Gasteiger partial charge < -0.3 is 14.4 Å². The molecule has 0 unspecified atom stereocenters. The number of carbonyl (C=O) groups is 1. The number of hydrogen-bond acceptors (Lipinski definition) is 5. The predicted molar refractivity (Wildman–Crippen MR) is 89.7 cm³/mol. The first-order valence-electron chi connectivity index (χ1n) is 7.85. The predicted octanol–water partition coefficient (Wildman–Crippen LogP) is 1.24. The van der Waals surface area contributed by atoms with Crippen LogP contribution in [0.4, 0.5) is 0 Å². The van der Waals surface area contributed by atoms with E-state index >= 15 is 0 Å². The van der Waals surface area contributed by atoms with Gasteiger partial charge in [-0.05, 0) is 18.1 Å². The standard InChI is InChI=1S/C16H24N2O5S/c1-11(2)15(16(19)18(3)4)17-24(20,21)12-6-7-13-14(10-12)23-9-5-8-22-13/h6-7,10-11,15,17H,5,8-9H2,1-4H3/t15-/m1/s1. The molecule has 0 bridgehead atoms. The van der Waals surface area contributed by atoms with E-state index in [-0.39, 0.29) is 16.7 Å². The minimum Gasteiger partial charge on any atom is -0.490 e. The summed E-state index contributed by atoms with van der Waals surface area (Å²) >= 11 is 0. The minimum absolute atomic E-state index is 0.0453. The molecule has 1 aromatic rings. The fraction of sp³-hybridized carbons (Fsp3) is 0.562. The minimum atomic E-state index is -3.86. The maximum atomic E-state index is 12.7. The summed E-state index contributed by atoms with van der Waals surface area (Å²) in [5.41, 5.74) is 0. The first-order chi connectivity index (χ1) is 11.2. The molecule has 0 saturated carbocycles. The molecule has 2 rings (SSSR count). The van der Waals surface area contributed by atoms with Gasteiger partial charge in [0, 0.05) is 26.6 Å². The van der Waals surface area contributed by atoms with Crippen LogP contribution in [-0.2, 0) is 14.8 Å². The quantitative estimate of drug-likeness (QED) is 0.858. The van der Waals surface area contributed by atoms with E-state index < -0.39 is 16.1 Å². The Hall–Kier alpha value is -1.80. The highest BCUT2D eigenvalue weighted by Gasteiger charge is 2.30. The Labute approximate surface area is 143 Å². The molecule has 1 aliphatic heterocycles. The molecule has 7 nitrogen and oxygen atoms in total. The summed E-state index contributed by atoms with van der Waals surface area (Å²) in [5.74, 6) is 0.449. The number of amides is 1. The second-order valence-electron chi connectivity index (χ2n) is 6.23. The van der Waals surface area contributed by atoms with Crippen LogP contribution in [0.2, 0.25) is 0 Å². The molecule has 8 heteroatoms. The summed E-state index contributed by atoms with van der Waals surface area (Å²) in [4.78, 5) is 13.6. The highest BCUT2D eigenvalue weighted by Crippen LogP contribution is 2.32. The van der Waals surface area contributed by atoms with E-state index in [0.29, 0.717) is 24.7 Å². The summed E-state index contributed by atoms with van der Waals surface area (Å²) in [6, 6.07) is 3.63. The van der Waals surface area contributed by atoms with Gasteiger partial charge in [-0.15, -0.1) is 0 Å². The van der Waals surface area contributed by atoms with E-state index in [1.165, 1.54) is 17.0 Å². The smallest absolute Gasteiger partial charge is 0.241 e. The van der Waals surface area contributed by atoms with E-state index in [4.69, 9.17) is 9.47 Å². The molecule has 1 aliphatic rings. The molecule has 1 heterocycles. The molecule has 0 spiro atoms. The van der Waals surface area contributed by atoms with Crippen LogP contribution in [-0.4, -0.2) is 52.6 Å². The van der Waals surface area contributed by atoms with Crippen molar-refractivity contribution in [1.82, 2.24) is 9.62 Å². The number of nitrogens with zero attached hydrogens (tertiary/aromatic N) is 1. The van der Waals surface area contributed by atoms with Gasteiger partial charge in [0.05, 0.1) is 18.1 Å². The zero-order valence-corrected chi connectivity index (χ0v) is 15.2. The number of ether oxygens (including phenoxy) is 2. The Bertz CT molecular complexity index is 700. The van der Waals surface area contributed by atoms with Crippen LogP contribution in [0.25, 0.3) is 0 Å². The third kappa shape index (κ3) is 4.18. The zero-order chi connectivity index (χ0) is 17.9. The molecule has 0 saturated heterocycles. The molecule has 24 heavy (non-hydrogen) atoms. The van der Waals surface area contributed by atoms with Gasteiger partial charge in [0.25, 0.3) is 0 Å². The van der Waals surface area contributed by atoms with Crippen LogP contribution >= 0.6 is 0 Å². The maximum absolute atomic E-state index is 12.7. The van der Waals surface area contributed by atoms with Crippen LogP contribution in [0.1, 0.15) is 20.3 Å². The summed E-state index contributed by atoms with van der Waals surface area (Å²) < 4.78 is 38.9. The highest BCUT2D eigenvalue weighted by atomic mass is 32.2. The molecule has 1 N–H and O–H groups in total. The van der Waals surface area contributed by atoms with Crippen LogP contribution in [0.15, 0.2) is 23.1 Å². The Morgan fingerprint density at radius 3 is 2.38 bits per heavy atom. The molecule has 1 amide bonds. The number of rotatable bonds is 5. The Morgan fingerprint density at radius 2 is 1.79 bits per heavy atom. The molecular formula is C16H24N2O5S. The van der Waals surface area contributed by atoms with Crippen molar-refractivity contribution < 1.29 is 22.7 Å². The van der Waals surface area contributed by atoms with Crippen molar-refractivity contribution >= 4 is 15.9 Å². The summed E-state index contributed by atoms with van der Waals surface area (Å²) in [6.45, 7) is 4.59. The number of benzene rings is 1. The first-order valence-corrected chi connectivity index (χ1v) is 9.34. The fourth-order valence-electron chi connectivity index (χ4n) is 2.30. The zero-order valence-electron chi connectivity index (χ0n) is 14.4. The lowest BCUT2D eigenvalue weighted by atomic mass is 10.0. The van der Waals surface area contributed by atoms with Crippen molar-refractivity contribution in [3.05, 3.63) is 18.2 Å². The fourth-order valence-corrected chi connectivity index (χ4v) is 3.65. The van der Waals surface area contributed by atoms with Gasteiger partial charge in [-0.3, -0.25) is 4.79 Å². The van der Waals surface area contributed by atoms with Crippen molar-refractivity contribution in [1.29, 1.82) is 0 Å². The number of hydrogen-bond donors (Lipinski definition) is 1. The summed E-state index contributed by atoms with van der Waals surface area (Å²) in [5, 5.41) is 0. The number of likely N-dealkylation sites (N-methyl/N-ethyl adjacent to an activating group) is 1. The average molecular weight is 356 g/mol. The number of nitrogens with one attached hydrogen (secondary N) is 1. The van der Waals surface area contributed by atoms with Crippen molar-refractivity contribution in [2.75, 3.05) is 27.3 Å². The molecule has 0 aromatic heterocycles. The Balaban J connectivity index is 2.29. The van der Waals surface area contributed by atoms with E-state index in [0.717, 1.165) is 6.42 Å². The SMILES string of the molecule is CC(C)[C@@H](NS(=O)(=O)c1ccc2c(c1)OCCCO2)C(=O)N(C)C. The van der Waals surface area contributed by atoms with Gasteiger partial charge in [0.2, 0.25) is 15.9 Å². The lowest BCUT2D eigenvalue weighted by Gasteiger charge is -2.24. The lowest BCUT2D eigenvalue weighted by Crippen LogP contribution is -2.49. The van der Waals surface area contributed by atoms with E-state index in [1.54, 1.807) is 34.0 Å². The van der Waals surface area contributed by atoms with E-state index in [9.17, 15) is 13.2 Å². The van der Waals surface area contributed by atoms with Crippen LogP contribution in [0.5, 0.6) is 11.5 Å². The molecule has 0 radical (unpaired) electrons. The van der Waals surface area contributed by atoms with Gasteiger partial charge in [0.1, 0.15) is 6.04 Å². The average Bonchev–Trinajstić information content (AvgIpc) is 2.76. The monoisotopic (exact) mass is 356 g/mol. The van der Waals surface area contributed by atoms with Gasteiger partial charge in [-0.25, -0.2) is 8.42 Å². The van der Waals surface area contributed by atoms with Crippen LogP contribution in [0.3, 0.4) is 0 Å². The molecule has 0 aliphatic carbocycles. The van der Waals surface area contributed by atoms with Crippen molar-refractivity contribution in [2.24, 2.45) is 5.92 Å². The number of sulfonamides is 1. The second-order valence-corrected chi connectivity index (χ2v) is 7.95.